The molecule has 0 aliphatic carbocycles. The Morgan fingerprint density at radius 2 is 2.24 bits per heavy atom. The molecule has 0 aliphatic rings. The predicted molar refractivity (Wildman–Crippen MR) is 64.1 cm³/mol. The van der Waals surface area contributed by atoms with Crippen LogP contribution in [0.3, 0.4) is 0 Å². The van der Waals surface area contributed by atoms with E-state index in [0.717, 1.165) is 11.3 Å². The number of rotatable bonds is 6. The first-order valence-electron chi connectivity index (χ1n) is 5.09. The Labute approximate surface area is 103 Å². The Morgan fingerprint density at radius 3 is 2.76 bits per heavy atom. The van der Waals surface area contributed by atoms with Crippen LogP contribution in [0.4, 0.5) is 0 Å². The molecule has 1 rings (SSSR count). The zero-order chi connectivity index (χ0) is 12.8. The van der Waals surface area contributed by atoms with Gasteiger partial charge in [-0.3, -0.25) is 4.79 Å². The fraction of sp³-hybridized carbons (Fsp3) is 0.500. The van der Waals surface area contributed by atoms with Gasteiger partial charge < -0.3 is 15.3 Å². The van der Waals surface area contributed by atoms with Crippen LogP contribution < -0.4 is 5.32 Å². The lowest BCUT2D eigenvalue weighted by Gasteiger charge is -2.09. The Kier molecular flexibility index (Phi) is 5.05. The van der Waals surface area contributed by atoms with Gasteiger partial charge in [-0.05, 0) is 0 Å². The van der Waals surface area contributed by atoms with Crippen molar-refractivity contribution in [3.05, 3.63) is 16.1 Å². The van der Waals surface area contributed by atoms with Crippen molar-refractivity contribution in [1.82, 2.24) is 15.2 Å². The maximum atomic E-state index is 11.2. The molecule has 6 nitrogen and oxygen atoms in total. The van der Waals surface area contributed by atoms with Crippen molar-refractivity contribution >= 4 is 23.2 Å². The number of amides is 1. The molecule has 17 heavy (non-hydrogen) atoms. The van der Waals surface area contributed by atoms with Gasteiger partial charge in [-0.15, -0.1) is 11.3 Å². The highest BCUT2D eigenvalue weighted by molar-refractivity contribution is 7.11. The number of hydrogen-bond acceptors (Lipinski definition) is 5. The molecule has 0 saturated heterocycles. The Balaban J connectivity index is 2.26. The maximum absolute atomic E-state index is 11.2. The zero-order valence-corrected chi connectivity index (χ0v) is 10.6. The van der Waals surface area contributed by atoms with Crippen molar-refractivity contribution in [2.75, 3.05) is 20.6 Å². The summed E-state index contributed by atoms with van der Waals surface area (Å²) in [6, 6.07) is 0. The molecule has 1 aromatic rings. The van der Waals surface area contributed by atoms with Gasteiger partial charge in [0.15, 0.2) is 0 Å². The highest BCUT2D eigenvalue weighted by atomic mass is 32.1. The van der Waals surface area contributed by atoms with Crippen LogP contribution in [0.1, 0.15) is 21.9 Å². The lowest BCUT2D eigenvalue weighted by atomic mass is 10.3. The quantitative estimate of drug-likeness (QED) is 0.721. The van der Waals surface area contributed by atoms with E-state index in [-0.39, 0.29) is 10.9 Å². The van der Waals surface area contributed by atoms with E-state index in [1.165, 1.54) is 4.90 Å². The predicted octanol–water partition coefficient (Wildman–Crippen LogP) is 0.409. The Morgan fingerprint density at radius 1 is 1.53 bits per heavy atom. The minimum Gasteiger partial charge on any atom is -0.476 e. The zero-order valence-electron chi connectivity index (χ0n) is 9.77. The van der Waals surface area contributed by atoms with E-state index in [1.807, 2.05) is 0 Å². The molecule has 0 spiro atoms. The summed E-state index contributed by atoms with van der Waals surface area (Å²) in [4.78, 5) is 27.3. The SMILES string of the molecule is CN(C)C(=O)CCNCc1csc(C(=O)O)n1. The molecular weight excluding hydrogens is 242 g/mol. The van der Waals surface area contributed by atoms with E-state index in [4.69, 9.17) is 5.11 Å². The second-order valence-corrected chi connectivity index (χ2v) is 4.52. The topological polar surface area (TPSA) is 82.5 Å². The fourth-order valence-electron chi connectivity index (χ4n) is 1.12. The molecular formula is C10H15N3O3S. The van der Waals surface area contributed by atoms with Gasteiger partial charge in [0.25, 0.3) is 0 Å². The molecule has 0 saturated carbocycles. The molecule has 0 aromatic carbocycles. The molecule has 0 bridgehead atoms. The first-order chi connectivity index (χ1) is 8.00. The van der Waals surface area contributed by atoms with Crippen molar-refractivity contribution in [1.29, 1.82) is 0 Å². The lowest BCUT2D eigenvalue weighted by molar-refractivity contribution is -0.128. The van der Waals surface area contributed by atoms with E-state index in [0.29, 0.717) is 25.2 Å². The van der Waals surface area contributed by atoms with E-state index in [1.54, 1.807) is 19.5 Å². The molecule has 1 heterocycles. The van der Waals surface area contributed by atoms with E-state index in [9.17, 15) is 9.59 Å². The first kappa shape index (κ1) is 13.6. The summed E-state index contributed by atoms with van der Waals surface area (Å²) in [7, 11) is 3.42. The normalized spacial score (nSPS) is 10.2. The summed E-state index contributed by atoms with van der Waals surface area (Å²) < 4.78 is 0. The minimum absolute atomic E-state index is 0.0574. The van der Waals surface area contributed by atoms with Crippen molar-refractivity contribution in [3.8, 4) is 0 Å². The van der Waals surface area contributed by atoms with Gasteiger partial charge >= 0.3 is 5.97 Å². The number of hydrogen-bond donors (Lipinski definition) is 2. The number of thiazole rings is 1. The first-order valence-corrected chi connectivity index (χ1v) is 5.97. The van der Waals surface area contributed by atoms with Gasteiger partial charge in [0.05, 0.1) is 5.69 Å². The fourth-order valence-corrected chi connectivity index (χ4v) is 1.78. The summed E-state index contributed by atoms with van der Waals surface area (Å²) in [5, 5.41) is 13.5. The number of carbonyl (C=O) groups is 2. The largest absolute Gasteiger partial charge is 0.476 e. The van der Waals surface area contributed by atoms with Crippen molar-refractivity contribution in [3.63, 3.8) is 0 Å². The molecule has 1 amide bonds. The molecule has 2 N–H and O–H groups in total. The molecule has 94 valence electrons. The molecule has 0 unspecified atom stereocenters. The lowest BCUT2D eigenvalue weighted by Crippen LogP contribution is -2.26. The molecule has 0 radical (unpaired) electrons. The summed E-state index contributed by atoms with van der Waals surface area (Å²) in [6.07, 6.45) is 0.420. The van der Waals surface area contributed by atoms with Gasteiger partial charge in [-0.1, -0.05) is 0 Å². The summed E-state index contributed by atoms with van der Waals surface area (Å²) in [5.41, 5.74) is 0.685. The molecule has 7 heteroatoms. The minimum atomic E-state index is -1.01. The molecule has 0 fully saturated rings. The third-order valence-electron chi connectivity index (χ3n) is 2.06. The Bertz CT molecular complexity index is 403. The van der Waals surface area contributed by atoms with Crippen LogP contribution in [0, 0.1) is 0 Å². The number of nitrogens with one attached hydrogen (secondary N) is 1. The second-order valence-electron chi connectivity index (χ2n) is 3.66. The second kappa shape index (κ2) is 6.31. The number of carboxylic acid groups (broad SMARTS) is 1. The third kappa shape index (κ3) is 4.49. The Hall–Kier alpha value is -1.47. The number of carboxylic acids is 1. The number of aromatic nitrogens is 1. The van der Waals surface area contributed by atoms with Crippen molar-refractivity contribution < 1.29 is 14.7 Å². The van der Waals surface area contributed by atoms with Crippen LogP contribution in [0.15, 0.2) is 5.38 Å². The van der Waals surface area contributed by atoms with Crippen LogP contribution >= 0.6 is 11.3 Å². The van der Waals surface area contributed by atoms with Crippen LogP contribution in [0.5, 0.6) is 0 Å². The van der Waals surface area contributed by atoms with E-state index < -0.39 is 5.97 Å². The summed E-state index contributed by atoms with van der Waals surface area (Å²) in [6.45, 7) is 1.03. The molecule has 0 atom stereocenters. The number of carbonyl (C=O) groups excluding carboxylic acids is 1. The maximum Gasteiger partial charge on any atom is 0.365 e. The number of nitrogens with zero attached hydrogens (tertiary/aromatic N) is 2. The van der Waals surface area contributed by atoms with E-state index in [2.05, 4.69) is 10.3 Å². The van der Waals surface area contributed by atoms with Gasteiger partial charge in [-0.2, -0.15) is 0 Å². The van der Waals surface area contributed by atoms with Crippen molar-refractivity contribution in [2.24, 2.45) is 0 Å². The van der Waals surface area contributed by atoms with Crippen LogP contribution in [-0.4, -0.2) is 47.5 Å². The molecule has 0 aliphatic heterocycles. The monoisotopic (exact) mass is 257 g/mol. The third-order valence-corrected chi connectivity index (χ3v) is 2.93. The van der Waals surface area contributed by atoms with Gasteiger partial charge in [0, 0.05) is 39.0 Å². The highest BCUT2D eigenvalue weighted by Crippen LogP contribution is 2.09. The summed E-state index contributed by atoms with van der Waals surface area (Å²) in [5.74, 6) is -0.953. The van der Waals surface area contributed by atoms with Gasteiger partial charge in [0.1, 0.15) is 0 Å². The standard InChI is InChI=1S/C10H15N3O3S/c1-13(2)8(14)3-4-11-5-7-6-17-9(12-7)10(15)16/h6,11H,3-5H2,1-2H3,(H,15,16). The molecule has 1 aromatic heterocycles. The van der Waals surface area contributed by atoms with Gasteiger partial charge in [-0.25, -0.2) is 9.78 Å². The van der Waals surface area contributed by atoms with Gasteiger partial charge in [0.2, 0.25) is 10.9 Å². The highest BCUT2D eigenvalue weighted by Gasteiger charge is 2.08. The van der Waals surface area contributed by atoms with Crippen LogP contribution in [-0.2, 0) is 11.3 Å². The van der Waals surface area contributed by atoms with Crippen LogP contribution in [0.2, 0.25) is 0 Å². The number of aromatic carboxylic acids is 1. The van der Waals surface area contributed by atoms with E-state index >= 15 is 0 Å². The smallest absolute Gasteiger partial charge is 0.365 e. The average molecular weight is 257 g/mol. The van der Waals surface area contributed by atoms with Crippen molar-refractivity contribution in [2.45, 2.75) is 13.0 Å². The summed E-state index contributed by atoms with van der Waals surface area (Å²) >= 11 is 1.10. The average Bonchev–Trinajstić information content (AvgIpc) is 2.72. The van der Waals surface area contributed by atoms with Crippen LogP contribution in [0.25, 0.3) is 0 Å².